The van der Waals surface area contributed by atoms with Crippen LogP contribution in [0.5, 0.6) is 0 Å². The van der Waals surface area contributed by atoms with Crippen LogP contribution in [0.1, 0.15) is 27.2 Å². The molecule has 1 aliphatic rings. The molecule has 2 heterocycles. The summed E-state index contributed by atoms with van der Waals surface area (Å²) in [6.45, 7) is 6.79. The lowest BCUT2D eigenvalue weighted by atomic mass is 10.1. The third kappa shape index (κ3) is 2.79. The average molecular weight is 300 g/mol. The maximum Gasteiger partial charge on any atom is 0.248 e. The van der Waals surface area contributed by atoms with Crippen molar-refractivity contribution >= 4 is 11.9 Å². The van der Waals surface area contributed by atoms with Crippen molar-refractivity contribution in [3.05, 3.63) is 30.3 Å². The van der Waals surface area contributed by atoms with E-state index in [1.54, 1.807) is 4.68 Å². The Kier molecular flexibility index (Phi) is 3.56. The van der Waals surface area contributed by atoms with Crippen LogP contribution in [0.2, 0.25) is 0 Å². The third-order valence-corrected chi connectivity index (χ3v) is 3.74. The van der Waals surface area contributed by atoms with E-state index in [0.29, 0.717) is 18.9 Å². The molecule has 22 heavy (non-hydrogen) atoms. The van der Waals surface area contributed by atoms with E-state index in [2.05, 4.69) is 20.8 Å². The number of likely N-dealkylation sites (tertiary alicyclic amines) is 1. The lowest BCUT2D eigenvalue weighted by Crippen LogP contribution is -2.43. The van der Waals surface area contributed by atoms with Gasteiger partial charge in [-0.2, -0.15) is 4.68 Å². The van der Waals surface area contributed by atoms with E-state index < -0.39 is 0 Å². The molecular weight excluding hydrogens is 280 g/mol. The van der Waals surface area contributed by atoms with Gasteiger partial charge in [0.05, 0.1) is 11.7 Å². The molecule has 0 unspecified atom stereocenters. The molecular formula is C15H20N6O. The largest absolute Gasteiger partial charge is 0.348 e. The summed E-state index contributed by atoms with van der Waals surface area (Å²) in [5.74, 6) is 0.712. The normalized spacial score (nSPS) is 18.8. The second-order valence-electron chi connectivity index (χ2n) is 6.47. The van der Waals surface area contributed by atoms with Crippen molar-refractivity contribution in [1.82, 2.24) is 25.1 Å². The number of carbonyl (C=O) groups excluding carboxylic acids is 1. The van der Waals surface area contributed by atoms with E-state index >= 15 is 0 Å². The number of para-hydroxylation sites is 1. The average Bonchev–Trinajstić information content (AvgIpc) is 3.06. The minimum absolute atomic E-state index is 0.0141. The fourth-order valence-corrected chi connectivity index (χ4v) is 2.66. The molecule has 0 aliphatic carbocycles. The van der Waals surface area contributed by atoms with Gasteiger partial charge < -0.3 is 10.2 Å². The van der Waals surface area contributed by atoms with E-state index in [1.165, 1.54) is 0 Å². The van der Waals surface area contributed by atoms with Gasteiger partial charge in [-0.25, -0.2) is 0 Å². The molecule has 1 aromatic heterocycles. The first-order chi connectivity index (χ1) is 10.4. The molecule has 1 amide bonds. The monoisotopic (exact) mass is 300 g/mol. The molecule has 1 saturated heterocycles. The second-order valence-corrected chi connectivity index (χ2v) is 6.47. The van der Waals surface area contributed by atoms with Gasteiger partial charge in [-0.1, -0.05) is 23.3 Å². The number of carbonyl (C=O) groups is 1. The molecule has 1 atom stereocenters. The lowest BCUT2D eigenvalue weighted by molar-refractivity contribution is -0.131. The maximum atomic E-state index is 12.1. The Hall–Kier alpha value is -2.44. The van der Waals surface area contributed by atoms with E-state index in [0.717, 1.165) is 5.69 Å². The Labute approximate surface area is 129 Å². The first kappa shape index (κ1) is 14.5. The summed E-state index contributed by atoms with van der Waals surface area (Å²) < 4.78 is 1.64. The minimum atomic E-state index is -0.168. The van der Waals surface area contributed by atoms with Crippen LogP contribution in [0.4, 0.5) is 5.95 Å². The van der Waals surface area contributed by atoms with Crippen molar-refractivity contribution in [3.63, 3.8) is 0 Å². The predicted molar refractivity (Wildman–Crippen MR) is 82.6 cm³/mol. The molecule has 3 rings (SSSR count). The van der Waals surface area contributed by atoms with Gasteiger partial charge in [0.2, 0.25) is 11.9 Å². The zero-order chi connectivity index (χ0) is 15.7. The summed E-state index contributed by atoms with van der Waals surface area (Å²) in [4.78, 5) is 14.0. The lowest BCUT2D eigenvalue weighted by Gasteiger charge is -2.32. The highest BCUT2D eigenvalue weighted by molar-refractivity contribution is 5.80. The van der Waals surface area contributed by atoms with Crippen LogP contribution >= 0.6 is 0 Å². The molecule has 7 nitrogen and oxygen atoms in total. The van der Waals surface area contributed by atoms with Gasteiger partial charge in [-0.05, 0) is 43.3 Å². The van der Waals surface area contributed by atoms with Gasteiger partial charge in [0.25, 0.3) is 0 Å². The number of aromatic nitrogens is 4. The molecule has 0 bridgehead atoms. The Morgan fingerprint density at radius 2 is 1.95 bits per heavy atom. The van der Waals surface area contributed by atoms with Crippen molar-refractivity contribution < 1.29 is 4.79 Å². The quantitative estimate of drug-likeness (QED) is 0.929. The van der Waals surface area contributed by atoms with Gasteiger partial charge in [-0.15, -0.1) is 0 Å². The number of hydrogen-bond donors (Lipinski definition) is 1. The zero-order valence-electron chi connectivity index (χ0n) is 13.0. The highest BCUT2D eigenvalue weighted by atomic mass is 16.2. The number of anilines is 1. The summed E-state index contributed by atoms with van der Waals surface area (Å²) >= 11 is 0. The molecule has 1 aromatic carbocycles. The number of tetrazole rings is 1. The Morgan fingerprint density at radius 1 is 1.23 bits per heavy atom. The van der Waals surface area contributed by atoms with Crippen LogP contribution in [0.15, 0.2) is 30.3 Å². The highest BCUT2D eigenvalue weighted by Gasteiger charge is 2.36. The molecule has 7 heteroatoms. The van der Waals surface area contributed by atoms with Crippen LogP contribution < -0.4 is 5.32 Å². The number of rotatable bonds is 3. The first-order valence-corrected chi connectivity index (χ1v) is 7.36. The Bertz CT molecular complexity index is 660. The molecule has 0 spiro atoms. The van der Waals surface area contributed by atoms with E-state index in [1.807, 2.05) is 56.0 Å². The topological polar surface area (TPSA) is 75.9 Å². The summed E-state index contributed by atoms with van der Waals surface area (Å²) in [5.41, 5.74) is 0.714. The third-order valence-electron chi connectivity index (χ3n) is 3.74. The summed E-state index contributed by atoms with van der Waals surface area (Å²) in [7, 11) is 0. The van der Waals surface area contributed by atoms with Gasteiger partial charge in [0, 0.05) is 18.5 Å². The van der Waals surface area contributed by atoms with Gasteiger partial charge in [-0.3, -0.25) is 4.79 Å². The predicted octanol–water partition coefficient (Wildman–Crippen LogP) is 1.47. The van der Waals surface area contributed by atoms with Crippen molar-refractivity contribution in [2.45, 2.75) is 38.8 Å². The molecule has 1 aliphatic heterocycles. The van der Waals surface area contributed by atoms with E-state index in [-0.39, 0.29) is 17.5 Å². The Balaban J connectivity index is 1.76. The van der Waals surface area contributed by atoms with E-state index in [9.17, 15) is 4.79 Å². The van der Waals surface area contributed by atoms with Crippen molar-refractivity contribution in [3.8, 4) is 5.69 Å². The molecule has 2 aromatic rings. The summed E-state index contributed by atoms with van der Waals surface area (Å²) in [6, 6.07) is 9.69. The molecule has 1 N–H and O–H groups in total. The smallest absolute Gasteiger partial charge is 0.248 e. The fraction of sp³-hybridized carbons (Fsp3) is 0.467. The SMILES string of the molecule is CC(C)(C)N1C[C@@H](Nc2nnnn2-c2ccccc2)CC1=O. The Morgan fingerprint density at radius 3 is 2.59 bits per heavy atom. The van der Waals surface area contributed by atoms with Gasteiger partial charge in [0.1, 0.15) is 0 Å². The van der Waals surface area contributed by atoms with Crippen LogP contribution in [-0.4, -0.2) is 49.1 Å². The number of amides is 1. The minimum Gasteiger partial charge on any atom is -0.348 e. The molecule has 1 fully saturated rings. The maximum absolute atomic E-state index is 12.1. The molecule has 0 radical (unpaired) electrons. The van der Waals surface area contributed by atoms with Crippen LogP contribution in [-0.2, 0) is 4.79 Å². The highest BCUT2D eigenvalue weighted by Crippen LogP contribution is 2.24. The first-order valence-electron chi connectivity index (χ1n) is 7.36. The van der Waals surface area contributed by atoms with Crippen molar-refractivity contribution in [1.29, 1.82) is 0 Å². The van der Waals surface area contributed by atoms with Crippen LogP contribution in [0.3, 0.4) is 0 Å². The fourth-order valence-electron chi connectivity index (χ4n) is 2.66. The van der Waals surface area contributed by atoms with Crippen LogP contribution in [0, 0.1) is 0 Å². The summed E-state index contributed by atoms with van der Waals surface area (Å²) in [6.07, 6.45) is 0.457. The standard InChI is InChI=1S/C15H20N6O/c1-15(2,3)20-10-11(9-13(20)22)16-14-17-18-19-21(14)12-7-5-4-6-8-12/h4-8,11H,9-10H2,1-3H3,(H,16,17,19)/t11-/m0/s1. The second kappa shape index (κ2) is 5.40. The summed E-state index contributed by atoms with van der Waals surface area (Å²) in [5, 5.41) is 15.1. The number of hydrogen-bond acceptors (Lipinski definition) is 5. The number of nitrogens with one attached hydrogen (secondary N) is 1. The van der Waals surface area contributed by atoms with Crippen molar-refractivity contribution in [2.75, 3.05) is 11.9 Å². The molecule has 116 valence electrons. The van der Waals surface area contributed by atoms with Gasteiger partial charge >= 0.3 is 0 Å². The molecule has 0 saturated carbocycles. The van der Waals surface area contributed by atoms with Crippen LogP contribution in [0.25, 0.3) is 5.69 Å². The van der Waals surface area contributed by atoms with E-state index in [4.69, 9.17) is 0 Å². The number of nitrogens with zero attached hydrogens (tertiary/aromatic N) is 5. The zero-order valence-corrected chi connectivity index (χ0v) is 13.0. The number of benzene rings is 1. The van der Waals surface area contributed by atoms with Crippen molar-refractivity contribution in [2.24, 2.45) is 0 Å². The van der Waals surface area contributed by atoms with Gasteiger partial charge in [0.15, 0.2) is 0 Å².